The molecule has 0 atom stereocenters. The average molecular weight is 277 g/mol. The van der Waals surface area contributed by atoms with Crippen LogP contribution in [0.15, 0.2) is 34.7 Å². The van der Waals surface area contributed by atoms with Crippen molar-refractivity contribution in [3.63, 3.8) is 0 Å². The van der Waals surface area contributed by atoms with Crippen LogP contribution in [0, 0.1) is 0 Å². The lowest BCUT2D eigenvalue weighted by molar-refractivity contribution is 0.121. The van der Waals surface area contributed by atoms with Crippen molar-refractivity contribution in [1.82, 2.24) is 15.1 Å². The molecule has 1 heterocycles. The zero-order chi connectivity index (χ0) is 14.2. The van der Waals surface area contributed by atoms with E-state index >= 15 is 0 Å². The van der Waals surface area contributed by atoms with E-state index in [1.807, 2.05) is 35.2 Å². The molecule has 0 aliphatic heterocycles. The fraction of sp³-hybridized carbons (Fsp3) is 0.429. The van der Waals surface area contributed by atoms with Crippen molar-refractivity contribution in [2.75, 3.05) is 33.4 Å². The average Bonchev–Trinajstić information content (AvgIpc) is 2.94. The molecular formula is C14H19N3O3. The summed E-state index contributed by atoms with van der Waals surface area (Å²) in [5.74, 6) is 1.05. The number of methoxy groups -OCH3 is 1. The van der Waals surface area contributed by atoms with Gasteiger partial charge in [-0.05, 0) is 12.1 Å². The van der Waals surface area contributed by atoms with Gasteiger partial charge < -0.3 is 14.3 Å². The molecule has 0 spiro atoms. The molecule has 0 saturated heterocycles. The monoisotopic (exact) mass is 277 g/mol. The maximum atomic E-state index is 9.05. The molecule has 0 unspecified atom stereocenters. The number of aliphatic hydroxyl groups excluding tert-OH is 1. The molecule has 2 rings (SSSR count). The number of aromatic nitrogens is 2. The molecule has 0 radical (unpaired) electrons. The van der Waals surface area contributed by atoms with Gasteiger partial charge in [0.1, 0.15) is 0 Å². The van der Waals surface area contributed by atoms with Crippen LogP contribution in [0.5, 0.6) is 0 Å². The van der Waals surface area contributed by atoms with E-state index in [9.17, 15) is 0 Å². The highest BCUT2D eigenvalue weighted by Gasteiger charge is 2.12. The number of rotatable bonds is 8. The van der Waals surface area contributed by atoms with Gasteiger partial charge in [-0.3, -0.25) is 4.90 Å². The molecule has 0 saturated carbocycles. The molecule has 0 amide bonds. The Morgan fingerprint density at radius 2 is 2.00 bits per heavy atom. The lowest BCUT2D eigenvalue weighted by atomic mass is 10.2. The van der Waals surface area contributed by atoms with Crippen LogP contribution in [0.3, 0.4) is 0 Å². The van der Waals surface area contributed by atoms with Crippen molar-refractivity contribution in [3.05, 3.63) is 36.2 Å². The molecule has 1 aromatic heterocycles. The third-order valence-corrected chi connectivity index (χ3v) is 2.87. The fourth-order valence-corrected chi connectivity index (χ4v) is 1.84. The summed E-state index contributed by atoms with van der Waals surface area (Å²) < 4.78 is 10.7. The number of ether oxygens (including phenoxy) is 1. The summed E-state index contributed by atoms with van der Waals surface area (Å²) in [6.07, 6.45) is 0. The van der Waals surface area contributed by atoms with Gasteiger partial charge in [0, 0.05) is 25.8 Å². The molecular weight excluding hydrogens is 258 g/mol. The van der Waals surface area contributed by atoms with Gasteiger partial charge >= 0.3 is 0 Å². The fourth-order valence-electron chi connectivity index (χ4n) is 1.84. The summed E-state index contributed by atoms with van der Waals surface area (Å²) in [6, 6.07) is 9.64. The number of hydrogen-bond acceptors (Lipinski definition) is 6. The lowest BCUT2D eigenvalue weighted by Crippen LogP contribution is -2.30. The first-order chi connectivity index (χ1) is 9.83. The predicted molar refractivity (Wildman–Crippen MR) is 74.0 cm³/mol. The van der Waals surface area contributed by atoms with Crippen LogP contribution in [0.25, 0.3) is 11.5 Å². The van der Waals surface area contributed by atoms with E-state index in [-0.39, 0.29) is 6.61 Å². The normalized spacial score (nSPS) is 11.2. The number of hydrogen-bond donors (Lipinski definition) is 1. The van der Waals surface area contributed by atoms with Gasteiger partial charge in [-0.2, -0.15) is 0 Å². The van der Waals surface area contributed by atoms with Crippen LogP contribution in [0.1, 0.15) is 5.89 Å². The molecule has 108 valence electrons. The molecule has 0 aliphatic carbocycles. The first kappa shape index (κ1) is 14.6. The second-order valence-electron chi connectivity index (χ2n) is 4.36. The van der Waals surface area contributed by atoms with E-state index in [0.717, 1.165) is 5.56 Å². The van der Waals surface area contributed by atoms with Gasteiger partial charge in [0.05, 0.1) is 19.8 Å². The number of aliphatic hydroxyl groups is 1. The zero-order valence-electron chi connectivity index (χ0n) is 11.5. The maximum Gasteiger partial charge on any atom is 0.247 e. The van der Waals surface area contributed by atoms with Crippen molar-refractivity contribution in [3.8, 4) is 11.5 Å². The molecule has 0 bridgehead atoms. The first-order valence-corrected chi connectivity index (χ1v) is 6.53. The van der Waals surface area contributed by atoms with Gasteiger partial charge in [0.25, 0.3) is 0 Å². The summed E-state index contributed by atoms with van der Waals surface area (Å²) in [5, 5.41) is 17.1. The maximum absolute atomic E-state index is 9.05. The van der Waals surface area contributed by atoms with E-state index in [2.05, 4.69) is 10.2 Å². The van der Waals surface area contributed by atoms with Crippen LogP contribution < -0.4 is 0 Å². The summed E-state index contributed by atoms with van der Waals surface area (Å²) in [6.45, 7) is 2.44. The molecule has 0 aliphatic rings. The molecule has 1 N–H and O–H groups in total. The number of nitrogens with zero attached hydrogens (tertiary/aromatic N) is 3. The minimum absolute atomic E-state index is 0.0867. The second kappa shape index (κ2) is 7.74. The van der Waals surface area contributed by atoms with Crippen LogP contribution >= 0.6 is 0 Å². The smallest absolute Gasteiger partial charge is 0.247 e. The van der Waals surface area contributed by atoms with Crippen LogP contribution in [0.2, 0.25) is 0 Å². The standard InChI is InChI=1S/C14H19N3O3/c1-19-10-8-17(7-9-18)11-13-15-16-14(20-13)12-5-3-2-4-6-12/h2-6,18H,7-11H2,1H3. The highest BCUT2D eigenvalue weighted by atomic mass is 16.5. The van der Waals surface area contributed by atoms with E-state index in [1.54, 1.807) is 7.11 Å². The zero-order valence-corrected chi connectivity index (χ0v) is 11.5. The Labute approximate surface area is 118 Å². The molecule has 20 heavy (non-hydrogen) atoms. The number of benzene rings is 1. The Morgan fingerprint density at radius 1 is 1.20 bits per heavy atom. The minimum atomic E-state index is 0.0867. The summed E-state index contributed by atoms with van der Waals surface area (Å²) in [7, 11) is 1.65. The lowest BCUT2D eigenvalue weighted by Gasteiger charge is -2.18. The predicted octanol–water partition coefficient (Wildman–Crippen LogP) is 1.18. The van der Waals surface area contributed by atoms with Gasteiger partial charge in [-0.25, -0.2) is 0 Å². The van der Waals surface area contributed by atoms with E-state index < -0.39 is 0 Å². The third-order valence-electron chi connectivity index (χ3n) is 2.87. The van der Waals surface area contributed by atoms with Crippen molar-refractivity contribution >= 4 is 0 Å². The Balaban J connectivity index is 2.00. The third kappa shape index (κ3) is 4.12. The minimum Gasteiger partial charge on any atom is -0.419 e. The van der Waals surface area contributed by atoms with Crippen LogP contribution in [-0.2, 0) is 11.3 Å². The van der Waals surface area contributed by atoms with Gasteiger partial charge in [-0.1, -0.05) is 18.2 Å². The topological polar surface area (TPSA) is 71.6 Å². The summed E-state index contributed by atoms with van der Waals surface area (Å²) >= 11 is 0. The highest BCUT2D eigenvalue weighted by molar-refractivity contribution is 5.51. The quantitative estimate of drug-likeness (QED) is 0.781. The Kier molecular flexibility index (Phi) is 5.67. The highest BCUT2D eigenvalue weighted by Crippen LogP contribution is 2.17. The van der Waals surface area contributed by atoms with Gasteiger partial charge in [-0.15, -0.1) is 10.2 Å². The Morgan fingerprint density at radius 3 is 2.70 bits per heavy atom. The Hall–Kier alpha value is -1.76. The molecule has 6 heteroatoms. The van der Waals surface area contributed by atoms with Crippen molar-refractivity contribution in [2.24, 2.45) is 0 Å². The summed E-state index contributed by atoms with van der Waals surface area (Å²) in [4.78, 5) is 2.01. The van der Waals surface area contributed by atoms with Gasteiger partial charge in [0.15, 0.2) is 0 Å². The molecule has 1 aromatic carbocycles. The van der Waals surface area contributed by atoms with Crippen molar-refractivity contribution < 1.29 is 14.3 Å². The van der Waals surface area contributed by atoms with E-state index in [1.165, 1.54) is 0 Å². The largest absolute Gasteiger partial charge is 0.419 e. The van der Waals surface area contributed by atoms with Crippen molar-refractivity contribution in [1.29, 1.82) is 0 Å². The molecule has 6 nitrogen and oxygen atoms in total. The Bertz CT molecular complexity index is 501. The van der Waals surface area contributed by atoms with Crippen LogP contribution in [0.4, 0.5) is 0 Å². The van der Waals surface area contributed by atoms with Crippen molar-refractivity contribution in [2.45, 2.75) is 6.54 Å². The molecule has 0 fully saturated rings. The molecule has 2 aromatic rings. The van der Waals surface area contributed by atoms with E-state index in [0.29, 0.717) is 38.0 Å². The second-order valence-corrected chi connectivity index (χ2v) is 4.36. The van der Waals surface area contributed by atoms with Gasteiger partial charge in [0.2, 0.25) is 11.8 Å². The summed E-state index contributed by atoms with van der Waals surface area (Å²) in [5.41, 5.74) is 0.900. The van der Waals surface area contributed by atoms with E-state index in [4.69, 9.17) is 14.3 Å². The van der Waals surface area contributed by atoms with Crippen LogP contribution in [-0.4, -0.2) is 53.6 Å². The first-order valence-electron chi connectivity index (χ1n) is 6.53. The SMILES string of the molecule is COCCN(CCO)Cc1nnc(-c2ccccc2)o1.